The van der Waals surface area contributed by atoms with E-state index in [4.69, 9.17) is 28.9 Å². The molecule has 0 amide bonds. The Balaban J connectivity index is 2.33. The summed E-state index contributed by atoms with van der Waals surface area (Å²) in [7, 11) is 1.81. The first-order chi connectivity index (χ1) is 9.85. The van der Waals surface area contributed by atoms with Crippen molar-refractivity contribution in [2.45, 2.75) is 19.8 Å². The molecular weight excluding hydrogens is 377 g/mol. The second-order valence-corrected chi connectivity index (χ2v) is 6.25. The van der Waals surface area contributed by atoms with E-state index in [0.29, 0.717) is 5.56 Å². The summed E-state index contributed by atoms with van der Waals surface area (Å²) in [5.41, 5.74) is 8.14. The van der Waals surface area contributed by atoms with Crippen molar-refractivity contribution < 1.29 is 4.79 Å². The maximum absolute atomic E-state index is 12.4. The summed E-state index contributed by atoms with van der Waals surface area (Å²) in [6.07, 6.45) is 1.00. The summed E-state index contributed by atoms with van der Waals surface area (Å²) in [4.78, 5) is 12.4. The number of rotatable bonds is 4. The number of carbonyl (C=O) groups is 1. The molecule has 0 aliphatic heterocycles. The van der Waals surface area contributed by atoms with Gasteiger partial charge in [0.1, 0.15) is 0 Å². The molecule has 0 spiro atoms. The standard InChI is InChI=1S/C14H14BrCl2N3O/c1-3-10-13(15)11(20(2)19-10)6-12(21)7-4-8(16)14(18)9(17)5-7/h4-5H,3,6,18H2,1-2H3. The molecule has 7 heteroatoms. The van der Waals surface area contributed by atoms with Gasteiger partial charge in [0, 0.05) is 12.6 Å². The highest BCUT2D eigenvalue weighted by Crippen LogP contribution is 2.30. The Morgan fingerprint density at radius 1 is 1.38 bits per heavy atom. The summed E-state index contributed by atoms with van der Waals surface area (Å²) >= 11 is 15.4. The van der Waals surface area contributed by atoms with Crippen molar-refractivity contribution in [1.82, 2.24) is 9.78 Å². The quantitative estimate of drug-likeness (QED) is 0.632. The number of benzene rings is 1. The van der Waals surface area contributed by atoms with Crippen LogP contribution in [0, 0.1) is 0 Å². The molecule has 0 bridgehead atoms. The van der Waals surface area contributed by atoms with Crippen LogP contribution in [-0.2, 0) is 19.9 Å². The molecule has 4 nitrogen and oxygen atoms in total. The van der Waals surface area contributed by atoms with Crippen LogP contribution >= 0.6 is 39.1 Å². The number of hydrogen-bond donors (Lipinski definition) is 1. The van der Waals surface area contributed by atoms with Crippen molar-refractivity contribution in [2.75, 3.05) is 5.73 Å². The molecule has 2 aromatic rings. The zero-order valence-corrected chi connectivity index (χ0v) is 14.7. The molecule has 21 heavy (non-hydrogen) atoms. The minimum absolute atomic E-state index is 0.0925. The lowest BCUT2D eigenvalue weighted by Crippen LogP contribution is -2.09. The molecular formula is C14H14BrCl2N3O. The molecule has 0 aliphatic rings. The predicted molar refractivity (Wildman–Crippen MR) is 89.2 cm³/mol. The van der Waals surface area contributed by atoms with Gasteiger partial charge in [-0.15, -0.1) is 0 Å². The van der Waals surface area contributed by atoms with E-state index in [9.17, 15) is 4.79 Å². The van der Waals surface area contributed by atoms with Gasteiger partial charge >= 0.3 is 0 Å². The molecule has 0 unspecified atom stereocenters. The molecule has 0 aliphatic carbocycles. The van der Waals surface area contributed by atoms with Gasteiger partial charge in [0.15, 0.2) is 5.78 Å². The van der Waals surface area contributed by atoms with Gasteiger partial charge in [-0.25, -0.2) is 0 Å². The van der Waals surface area contributed by atoms with Gasteiger partial charge in [-0.3, -0.25) is 9.48 Å². The maximum atomic E-state index is 12.4. The number of Topliss-reactive ketones (excluding diaryl/α,β-unsaturated/α-hetero) is 1. The summed E-state index contributed by atoms with van der Waals surface area (Å²) < 4.78 is 2.58. The van der Waals surface area contributed by atoms with Crippen LogP contribution in [0.25, 0.3) is 0 Å². The minimum Gasteiger partial charge on any atom is -0.396 e. The smallest absolute Gasteiger partial charge is 0.168 e. The van der Waals surface area contributed by atoms with E-state index in [1.165, 1.54) is 12.1 Å². The molecule has 2 rings (SSSR count). The molecule has 0 fully saturated rings. The van der Waals surface area contributed by atoms with E-state index in [2.05, 4.69) is 21.0 Å². The van der Waals surface area contributed by atoms with Gasteiger partial charge in [-0.05, 0) is 34.5 Å². The van der Waals surface area contributed by atoms with Crippen LogP contribution in [0.4, 0.5) is 5.69 Å². The predicted octanol–water partition coefficient (Wildman–Crippen LogP) is 4.06. The van der Waals surface area contributed by atoms with Crippen molar-refractivity contribution >= 4 is 50.6 Å². The minimum atomic E-state index is -0.0925. The number of nitrogens with zero attached hydrogens (tertiary/aromatic N) is 2. The molecule has 1 aromatic carbocycles. The number of anilines is 1. The van der Waals surface area contributed by atoms with E-state index in [0.717, 1.165) is 22.3 Å². The van der Waals surface area contributed by atoms with Gasteiger partial charge in [0.25, 0.3) is 0 Å². The van der Waals surface area contributed by atoms with Crippen molar-refractivity contribution in [3.05, 3.63) is 43.6 Å². The highest BCUT2D eigenvalue weighted by Gasteiger charge is 2.18. The van der Waals surface area contributed by atoms with Crippen molar-refractivity contribution in [3.63, 3.8) is 0 Å². The second-order valence-electron chi connectivity index (χ2n) is 4.64. The first-order valence-electron chi connectivity index (χ1n) is 6.33. The Morgan fingerprint density at radius 3 is 2.43 bits per heavy atom. The number of ketones is 1. The Bertz CT molecular complexity index is 689. The number of aryl methyl sites for hydroxylation is 2. The first-order valence-corrected chi connectivity index (χ1v) is 7.88. The molecule has 0 saturated heterocycles. The van der Waals surface area contributed by atoms with Crippen LogP contribution in [0.1, 0.15) is 28.7 Å². The SMILES string of the molecule is CCc1nn(C)c(CC(=O)c2cc(Cl)c(N)c(Cl)c2)c1Br. The Morgan fingerprint density at radius 2 is 1.95 bits per heavy atom. The summed E-state index contributed by atoms with van der Waals surface area (Å²) in [5.74, 6) is -0.0925. The molecule has 0 saturated carbocycles. The lowest BCUT2D eigenvalue weighted by Gasteiger charge is -2.06. The van der Waals surface area contributed by atoms with Crippen molar-refractivity contribution in [1.29, 1.82) is 0 Å². The number of hydrogen-bond acceptors (Lipinski definition) is 3. The van der Waals surface area contributed by atoms with Crippen LogP contribution < -0.4 is 5.73 Å². The first kappa shape index (κ1) is 16.3. The summed E-state index contributed by atoms with van der Waals surface area (Å²) in [6.45, 7) is 2.01. The van der Waals surface area contributed by atoms with Crippen molar-refractivity contribution in [3.8, 4) is 0 Å². The molecule has 1 aromatic heterocycles. The zero-order valence-electron chi connectivity index (χ0n) is 11.6. The molecule has 0 atom stereocenters. The summed E-state index contributed by atoms with van der Waals surface area (Å²) in [5, 5.41) is 4.93. The van der Waals surface area contributed by atoms with E-state index in [1.807, 2.05) is 14.0 Å². The normalized spacial score (nSPS) is 10.9. The maximum Gasteiger partial charge on any atom is 0.168 e. The Kier molecular flexibility index (Phi) is 4.96. The monoisotopic (exact) mass is 389 g/mol. The van der Waals surface area contributed by atoms with E-state index < -0.39 is 0 Å². The third-order valence-corrected chi connectivity index (χ3v) is 4.77. The van der Waals surface area contributed by atoms with Crippen LogP contribution in [0.5, 0.6) is 0 Å². The van der Waals surface area contributed by atoms with Crippen LogP contribution in [-0.4, -0.2) is 15.6 Å². The van der Waals surface area contributed by atoms with Crippen molar-refractivity contribution in [2.24, 2.45) is 7.05 Å². The van der Waals surface area contributed by atoms with Gasteiger partial charge in [-0.2, -0.15) is 5.10 Å². The number of carbonyl (C=O) groups excluding carboxylic acids is 1. The molecule has 0 radical (unpaired) electrons. The molecule has 2 N–H and O–H groups in total. The summed E-state index contributed by atoms with van der Waals surface area (Å²) in [6, 6.07) is 3.08. The largest absolute Gasteiger partial charge is 0.396 e. The van der Waals surface area contributed by atoms with Gasteiger partial charge in [0.2, 0.25) is 0 Å². The van der Waals surface area contributed by atoms with Crippen LogP contribution in [0.3, 0.4) is 0 Å². The van der Waals surface area contributed by atoms with Gasteiger partial charge in [0.05, 0.1) is 38.0 Å². The average molecular weight is 391 g/mol. The topological polar surface area (TPSA) is 60.9 Å². The van der Waals surface area contributed by atoms with E-state index in [-0.39, 0.29) is 27.9 Å². The molecule has 1 heterocycles. The number of halogens is 3. The third-order valence-electron chi connectivity index (χ3n) is 3.23. The van der Waals surface area contributed by atoms with Crippen LogP contribution in [0.15, 0.2) is 16.6 Å². The van der Waals surface area contributed by atoms with E-state index >= 15 is 0 Å². The zero-order chi connectivity index (χ0) is 15.7. The fourth-order valence-corrected chi connectivity index (χ4v) is 3.25. The fourth-order valence-electron chi connectivity index (χ4n) is 2.01. The lowest BCUT2D eigenvalue weighted by atomic mass is 10.1. The highest BCUT2D eigenvalue weighted by molar-refractivity contribution is 9.10. The van der Waals surface area contributed by atoms with Gasteiger partial charge in [-0.1, -0.05) is 30.1 Å². The Labute approximate surface area is 141 Å². The van der Waals surface area contributed by atoms with E-state index in [1.54, 1.807) is 4.68 Å². The Hall–Kier alpha value is -1.04. The number of nitrogen functional groups attached to an aromatic ring is 1. The molecule has 112 valence electrons. The number of aromatic nitrogens is 2. The number of nitrogens with two attached hydrogens (primary N) is 1. The second kappa shape index (κ2) is 6.38. The third kappa shape index (κ3) is 3.25. The van der Waals surface area contributed by atoms with Crippen LogP contribution in [0.2, 0.25) is 10.0 Å². The highest BCUT2D eigenvalue weighted by atomic mass is 79.9. The lowest BCUT2D eigenvalue weighted by molar-refractivity contribution is 0.0990. The van der Waals surface area contributed by atoms with Gasteiger partial charge < -0.3 is 5.73 Å². The average Bonchev–Trinajstić information content (AvgIpc) is 2.71. The fraction of sp³-hybridized carbons (Fsp3) is 0.286.